The predicted octanol–water partition coefficient (Wildman–Crippen LogP) is 6.81. The standard InChI is InChI=1S/C29H43NO2/c1-21(27(31)30-28(2)15-6-3-7-16-28)23-13-17-29(18-14-23)26-24(19-22-9-4-5-10-22)11-8-12-25(26)20-32-29/h8,11-12,21-23H,3-7,9-10,13-20H2,1-2H3,(H,30,31)/t21?,23-,29+. The van der Waals surface area contributed by atoms with Crippen LogP contribution in [0.2, 0.25) is 0 Å². The third-order valence-corrected chi connectivity index (χ3v) is 9.52. The Hall–Kier alpha value is -1.35. The zero-order valence-corrected chi connectivity index (χ0v) is 20.4. The molecule has 3 nitrogen and oxygen atoms in total. The first-order chi connectivity index (χ1) is 15.5. The fourth-order valence-electron chi connectivity index (χ4n) is 7.43. The molecule has 4 aliphatic rings. The van der Waals surface area contributed by atoms with Gasteiger partial charge in [0.2, 0.25) is 5.91 Å². The first kappa shape index (κ1) is 22.4. The molecule has 0 aromatic heterocycles. The van der Waals surface area contributed by atoms with Crippen molar-refractivity contribution in [3.8, 4) is 0 Å². The minimum atomic E-state index is -0.0907. The average Bonchev–Trinajstić information content (AvgIpc) is 3.43. The molecule has 1 aromatic rings. The van der Waals surface area contributed by atoms with Gasteiger partial charge in [-0.1, -0.05) is 70.1 Å². The van der Waals surface area contributed by atoms with E-state index in [1.165, 1.54) is 62.5 Å². The molecule has 0 saturated heterocycles. The van der Waals surface area contributed by atoms with E-state index in [1.54, 1.807) is 5.56 Å². The molecule has 176 valence electrons. The zero-order valence-electron chi connectivity index (χ0n) is 20.4. The number of ether oxygens (including phenoxy) is 1. The number of carbonyl (C=O) groups is 1. The molecule has 1 atom stereocenters. The number of hydrogen-bond donors (Lipinski definition) is 1. The molecule has 3 saturated carbocycles. The van der Waals surface area contributed by atoms with Gasteiger partial charge in [0, 0.05) is 11.5 Å². The number of fused-ring (bicyclic) bond motifs is 2. The average molecular weight is 438 g/mol. The normalized spacial score (nSPS) is 30.9. The van der Waals surface area contributed by atoms with Crippen LogP contribution in [0.4, 0.5) is 0 Å². The molecule has 0 radical (unpaired) electrons. The second-order valence-corrected chi connectivity index (χ2v) is 11.8. The van der Waals surface area contributed by atoms with E-state index >= 15 is 0 Å². The van der Waals surface area contributed by atoms with Gasteiger partial charge >= 0.3 is 0 Å². The Morgan fingerprint density at radius 2 is 1.75 bits per heavy atom. The van der Waals surface area contributed by atoms with Crippen molar-refractivity contribution in [3.05, 3.63) is 34.9 Å². The largest absolute Gasteiger partial charge is 0.366 e. The van der Waals surface area contributed by atoms with Gasteiger partial charge in [0.05, 0.1) is 12.2 Å². The molecule has 1 spiro atoms. The fourth-order valence-corrected chi connectivity index (χ4v) is 7.43. The van der Waals surface area contributed by atoms with Crippen LogP contribution in [0.25, 0.3) is 0 Å². The molecule has 1 aliphatic heterocycles. The zero-order chi connectivity index (χ0) is 22.2. The van der Waals surface area contributed by atoms with E-state index in [1.807, 2.05) is 0 Å². The lowest BCUT2D eigenvalue weighted by atomic mass is 9.69. The Labute approximate surface area is 195 Å². The maximum absolute atomic E-state index is 13.1. The Morgan fingerprint density at radius 1 is 1.03 bits per heavy atom. The van der Waals surface area contributed by atoms with Gasteiger partial charge in [-0.05, 0) is 80.4 Å². The predicted molar refractivity (Wildman–Crippen MR) is 129 cm³/mol. The Morgan fingerprint density at radius 3 is 2.47 bits per heavy atom. The molecule has 1 N–H and O–H groups in total. The van der Waals surface area contributed by atoms with Gasteiger partial charge in [-0.25, -0.2) is 0 Å². The van der Waals surface area contributed by atoms with Crippen molar-refractivity contribution in [2.45, 2.75) is 121 Å². The molecule has 32 heavy (non-hydrogen) atoms. The molecular weight excluding hydrogens is 394 g/mol. The van der Waals surface area contributed by atoms with Crippen LogP contribution in [-0.4, -0.2) is 11.4 Å². The van der Waals surface area contributed by atoms with Crippen LogP contribution in [0, 0.1) is 17.8 Å². The van der Waals surface area contributed by atoms with Crippen molar-refractivity contribution in [2.24, 2.45) is 17.8 Å². The van der Waals surface area contributed by atoms with Crippen LogP contribution < -0.4 is 5.32 Å². The third kappa shape index (κ3) is 4.39. The van der Waals surface area contributed by atoms with Gasteiger partial charge in [0.25, 0.3) is 0 Å². The van der Waals surface area contributed by atoms with Crippen LogP contribution >= 0.6 is 0 Å². The van der Waals surface area contributed by atoms with E-state index in [9.17, 15) is 4.79 Å². The Bertz CT molecular complexity index is 810. The molecule has 3 fully saturated rings. The van der Waals surface area contributed by atoms with E-state index < -0.39 is 0 Å². The Balaban J connectivity index is 1.25. The van der Waals surface area contributed by atoms with Crippen molar-refractivity contribution in [1.82, 2.24) is 5.32 Å². The Kier molecular flexibility index (Phi) is 6.40. The van der Waals surface area contributed by atoms with Crippen molar-refractivity contribution in [1.29, 1.82) is 0 Å². The van der Waals surface area contributed by atoms with Gasteiger partial charge in [-0.15, -0.1) is 0 Å². The van der Waals surface area contributed by atoms with E-state index in [0.717, 1.165) is 51.0 Å². The van der Waals surface area contributed by atoms with Crippen molar-refractivity contribution in [3.63, 3.8) is 0 Å². The minimum Gasteiger partial charge on any atom is -0.366 e. The topological polar surface area (TPSA) is 38.3 Å². The van der Waals surface area contributed by atoms with E-state index in [4.69, 9.17) is 4.74 Å². The summed E-state index contributed by atoms with van der Waals surface area (Å²) in [6.07, 6.45) is 17.2. The van der Waals surface area contributed by atoms with Crippen LogP contribution in [0.1, 0.15) is 114 Å². The summed E-state index contributed by atoms with van der Waals surface area (Å²) in [4.78, 5) is 13.1. The maximum atomic E-state index is 13.1. The molecule has 1 aromatic carbocycles. The van der Waals surface area contributed by atoms with Gasteiger partial charge < -0.3 is 10.1 Å². The summed E-state index contributed by atoms with van der Waals surface area (Å²) in [5.74, 6) is 1.72. The highest BCUT2D eigenvalue weighted by Gasteiger charge is 2.46. The summed E-state index contributed by atoms with van der Waals surface area (Å²) in [6.45, 7) is 5.19. The highest BCUT2D eigenvalue weighted by molar-refractivity contribution is 5.79. The minimum absolute atomic E-state index is 0.0160. The monoisotopic (exact) mass is 437 g/mol. The van der Waals surface area contributed by atoms with Gasteiger partial charge in [-0.3, -0.25) is 4.79 Å². The SMILES string of the molecule is CC(C(=O)NC1(C)CCCCC1)[C@H]1CC[C@]2(CC1)OCc1cccc(CC3CCCC3)c12. The summed E-state index contributed by atoms with van der Waals surface area (Å²) < 4.78 is 6.58. The molecule has 3 heteroatoms. The van der Waals surface area contributed by atoms with Gasteiger partial charge in [0.15, 0.2) is 0 Å². The molecule has 3 aliphatic carbocycles. The number of benzene rings is 1. The molecule has 1 unspecified atom stereocenters. The molecule has 0 bridgehead atoms. The number of carbonyl (C=O) groups excluding carboxylic acids is 1. The number of nitrogens with one attached hydrogen (secondary N) is 1. The van der Waals surface area contributed by atoms with Gasteiger partial charge in [-0.2, -0.15) is 0 Å². The first-order valence-corrected chi connectivity index (χ1v) is 13.6. The molecule has 5 rings (SSSR count). The van der Waals surface area contributed by atoms with Crippen LogP contribution in [0.5, 0.6) is 0 Å². The molecule has 1 heterocycles. The molecular formula is C29H43NO2. The lowest BCUT2D eigenvalue weighted by molar-refractivity contribution is -0.130. The second kappa shape index (κ2) is 9.12. The summed E-state index contributed by atoms with van der Waals surface area (Å²) in [5, 5.41) is 3.45. The summed E-state index contributed by atoms with van der Waals surface area (Å²) in [5.41, 5.74) is 4.45. The fraction of sp³-hybridized carbons (Fsp3) is 0.759. The van der Waals surface area contributed by atoms with E-state index in [2.05, 4.69) is 37.4 Å². The highest BCUT2D eigenvalue weighted by atomic mass is 16.5. The summed E-state index contributed by atoms with van der Waals surface area (Å²) >= 11 is 0. The first-order valence-electron chi connectivity index (χ1n) is 13.6. The number of rotatable bonds is 5. The maximum Gasteiger partial charge on any atom is 0.223 e. The van der Waals surface area contributed by atoms with Crippen LogP contribution in [0.15, 0.2) is 18.2 Å². The van der Waals surface area contributed by atoms with Crippen LogP contribution in [0.3, 0.4) is 0 Å². The second-order valence-electron chi connectivity index (χ2n) is 11.8. The van der Waals surface area contributed by atoms with Crippen LogP contribution in [-0.2, 0) is 28.2 Å². The number of amides is 1. The van der Waals surface area contributed by atoms with Crippen molar-refractivity contribution < 1.29 is 9.53 Å². The smallest absolute Gasteiger partial charge is 0.223 e. The lowest BCUT2D eigenvalue weighted by Crippen LogP contribution is -2.50. The van der Waals surface area contributed by atoms with Gasteiger partial charge in [0.1, 0.15) is 0 Å². The number of hydrogen-bond acceptors (Lipinski definition) is 2. The lowest BCUT2D eigenvalue weighted by Gasteiger charge is -2.41. The van der Waals surface area contributed by atoms with Crippen molar-refractivity contribution >= 4 is 5.91 Å². The molecule has 1 amide bonds. The summed E-state index contributed by atoms with van der Waals surface area (Å²) in [6, 6.07) is 6.91. The van der Waals surface area contributed by atoms with E-state index in [0.29, 0.717) is 5.92 Å². The van der Waals surface area contributed by atoms with Crippen molar-refractivity contribution in [2.75, 3.05) is 0 Å². The quantitative estimate of drug-likeness (QED) is 0.549. The van der Waals surface area contributed by atoms with E-state index in [-0.39, 0.29) is 23.0 Å². The third-order valence-electron chi connectivity index (χ3n) is 9.52. The summed E-state index contributed by atoms with van der Waals surface area (Å²) in [7, 11) is 0. The highest BCUT2D eigenvalue weighted by Crippen LogP contribution is 2.51.